The zero-order valence-corrected chi connectivity index (χ0v) is 7.40. The third-order valence-corrected chi connectivity index (χ3v) is 2.12. The van der Waals surface area contributed by atoms with E-state index in [0.29, 0.717) is 6.42 Å². The Kier molecular flexibility index (Phi) is 1.85. The predicted molar refractivity (Wildman–Crippen MR) is 49.7 cm³/mol. The fourth-order valence-electron chi connectivity index (χ4n) is 1.45. The Bertz CT molecular complexity index is 445. The third-order valence-electron chi connectivity index (χ3n) is 2.12. The van der Waals surface area contributed by atoms with E-state index in [1.54, 1.807) is 6.20 Å². The predicted octanol–water partition coefficient (Wildman–Crippen LogP) is 1.38. The first-order valence-electron chi connectivity index (χ1n) is 4.19. The number of aromatic nitrogens is 2. The largest absolute Gasteiger partial charge is 0.303 e. The van der Waals surface area contributed by atoms with Crippen molar-refractivity contribution in [2.24, 2.45) is 0 Å². The molecule has 2 heterocycles. The molecule has 2 aromatic heterocycles. The van der Waals surface area contributed by atoms with Crippen LogP contribution in [0.5, 0.6) is 0 Å². The molecule has 2 aromatic rings. The number of rotatable bonds is 2. The molecule has 13 heavy (non-hydrogen) atoms. The van der Waals surface area contributed by atoms with Crippen LogP contribution in [-0.2, 0) is 11.2 Å². The highest BCUT2D eigenvalue weighted by atomic mass is 16.1. The van der Waals surface area contributed by atoms with E-state index in [4.69, 9.17) is 0 Å². The zero-order valence-electron chi connectivity index (χ0n) is 7.40. The number of pyridine rings is 1. The fourth-order valence-corrected chi connectivity index (χ4v) is 1.45. The molecule has 0 saturated carbocycles. The van der Waals surface area contributed by atoms with E-state index in [-0.39, 0.29) is 0 Å². The van der Waals surface area contributed by atoms with Gasteiger partial charge in [-0.25, -0.2) is 4.52 Å². The van der Waals surface area contributed by atoms with Gasteiger partial charge in [0, 0.05) is 17.7 Å². The Morgan fingerprint density at radius 2 is 2.38 bits per heavy atom. The second-order valence-electron chi connectivity index (χ2n) is 3.00. The third kappa shape index (κ3) is 1.22. The minimum absolute atomic E-state index is 0.437. The summed E-state index contributed by atoms with van der Waals surface area (Å²) in [5.41, 5.74) is 3.08. The lowest BCUT2D eigenvalue weighted by Crippen LogP contribution is -1.92. The standard InChI is InChI=1S/C10H10N2O/c1-8-3-2-4-10-9(5-6-13)7-11-12(8)10/h2-4,6-7H,5H2,1H3. The van der Waals surface area contributed by atoms with Gasteiger partial charge in [0.15, 0.2) is 0 Å². The number of nitrogens with zero attached hydrogens (tertiary/aromatic N) is 2. The van der Waals surface area contributed by atoms with Crippen LogP contribution in [0.25, 0.3) is 5.52 Å². The van der Waals surface area contributed by atoms with Crippen LogP contribution in [0.3, 0.4) is 0 Å². The number of hydrogen-bond acceptors (Lipinski definition) is 2. The summed E-state index contributed by atoms with van der Waals surface area (Å²) in [5.74, 6) is 0. The molecule has 0 radical (unpaired) electrons. The average molecular weight is 174 g/mol. The van der Waals surface area contributed by atoms with Gasteiger partial charge in [-0.05, 0) is 19.1 Å². The maximum Gasteiger partial charge on any atom is 0.124 e. The van der Waals surface area contributed by atoms with Gasteiger partial charge in [-0.1, -0.05) is 6.07 Å². The normalized spacial score (nSPS) is 10.5. The van der Waals surface area contributed by atoms with Crippen molar-refractivity contribution in [2.75, 3.05) is 0 Å². The van der Waals surface area contributed by atoms with Crippen LogP contribution in [0.2, 0.25) is 0 Å². The maximum absolute atomic E-state index is 10.4. The highest BCUT2D eigenvalue weighted by molar-refractivity contribution is 5.64. The molecule has 3 nitrogen and oxygen atoms in total. The van der Waals surface area contributed by atoms with Gasteiger partial charge in [0.1, 0.15) is 6.29 Å². The molecule has 66 valence electrons. The quantitative estimate of drug-likeness (QED) is 0.645. The van der Waals surface area contributed by atoms with Crippen LogP contribution < -0.4 is 0 Å². The van der Waals surface area contributed by atoms with E-state index in [1.807, 2.05) is 29.6 Å². The minimum atomic E-state index is 0.437. The average Bonchev–Trinajstić information content (AvgIpc) is 2.51. The summed E-state index contributed by atoms with van der Waals surface area (Å²) < 4.78 is 1.85. The Morgan fingerprint density at radius 3 is 3.15 bits per heavy atom. The summed E-state index contributed by atoms with van der Waals surface area (Å²) in [5, 5.41) is 4.19. The van der Waals surface area contributed by atoms with Crippen LogP contribution in [0, 0.1) is 6.92 Å². The number of carbonyl (C=O) groups excluding carboxylic acids is 1. The van der Waals surface area contributed by atoms with Crippen molar-refractivity contribution in [3.8, 4) is 0 Å². The summed E-state index contributed by atoms with van der Waals surface area (Å²) in [7, 11) is 0. The number of hydrogen-bond donors (Lipinski definition) is 0. The summed E-state index contributed by atoms with van der Waals surface area (Å²) in [6.07, 6.45) is 3.09. The Morgan fingerprint density at radius 1 is 1.54 bits per heavy atom. The molecule has 3 heteroatoms. The van der Waals surface area contributed by atoms with Crippen molar-refractivity contribution in [1.29, 1.82) is 0 Å². The maximum atomic E-state index is 10.4. The van der Waals surface area contributed by atoms with Crippen molar-refractivity contribution in [1.82, 2.24) is 9.61 Å². The molecule has 0 saturated heterocycles. The van der Waals surface area contributed by atoms with Gasteiger partial charge in [-0.2, -0.15) is 5.10 Å². The van der Waals surface area contributed by atoms with Gasteiger partial charge in [-0.15, -0.1) is 0 Å². The minimum Gasteiger partial charge on any atom is -0.303 e. The summed E-state index contributed by atoms with van der Waals surface area (Å²) >= 11 is 0. The molecule has 0 N–H and O–H groups in total. The first kappa shape index (κ1) is 7.98. The molecule has 0 atom stereocenters. The van der Waals surface area contributed by atoms with E-state index < -0.39 is 0 Å². The zero-order chi connectivity index (χ0) is 9.26. The lowest BCUT2D eigenvalue weighted by Gasteiger charge is -1.97. The molecule has 0 spiro atoms. The lowest BCUT2D eigenvalue weighted by molar-refractivity contribution is -0.107. The first-order valence-corrected chi connectivity index (χ1v) is 4.19. The molecular weight excluding hydrogens is 164 g/mol. The van der Waals surface area contributed by atoms with E-state index in [1.165, 1.54) is 0 Å². The van der Waals surface area contributed by atoms with Crippen LogP contribution in [0.1, 0.15) is 11.3 Å². The molecule has 0 unspecified atom stereocenters. The van der Waals surface area contributed by atoms with E-state index in [2.05, 4.69) is 5.10 Å². The van der Waals surface area contributed by atoms with Crippen LogP contribution in [0.15, 0.2) is 24.4 Å². The van der Waals surface area contributed by atoms with Gasteiger partial charge in [0.25, 0.3) is 0 Å². The SMILES string of the molecule is Cc1cccc2c(CC=O)cnn12. The molecule has 0 fully saturated rings. The van der Waals surface area contributed by atoms with Crippen molar-refractivity contribution in [3.05, 3.63) is 35.7 Å². The lowest BCUT2D eigenvalue weighted by atomic mass is 10.2. The van der Waals surface area contributed by atoms with Crippen LogP contribution in [0.4, 0.5) is 0 Å². The molecular formula is C10H10N2O. The second-order valence-corrected chi connectivity index (χ2v) is 3.00. The number of carbonyl (C=O) groups is 1. The van der Waals surface area contributed by atoms with Gasteiger partial charge in [0.2, 0.25) is 0 Å². The van der Waals surface area contributed by atoms with E-state index >= 15 is 0 Å². The summed E-state index contributed by atoms with van der Waals surface area (Å²) in [4.78, 5) is 10.4. The summed E-state index contributed by atoms with van der Waals surface area (Å²) in [6.45, 7) is 1.99. The molecule has 0 aliphatic rings. The smallest absolute Gasteiger partial charge is 0.124 e. The monoisotopic (exact) mass is 174 g/mol. The van der Waals surface area contributed by atoms with Crippen molar-refractivity contribution < 1.29 is 4.79 Å². The van der Waals surface area contributed by atoms with Gasteiger partial charge in [0.05, 0.1) is 11.7 Å². The van der Waals surface area contributed by atoms with Gasteiger partial charge < -0.3 is 4.79 Å². The van der Waals surface area contributed by atoms with E-state index in [0.717, 1.165) is 23.1 Å². The number of aryl methyl sites for hydroxylation is 1. The topological polar surface area (TPSA) is 34.4 Å². The first-order chi connectivity index (χ1) is 6.33. The summed E-state index contributed by atoms with van der Waals surface area (Å²) in [6, 6.07) is 5.93. The van der Waals surface area contributed by atoms with Gasteiger partial charge in [-0.3, -0.25) is 0 Å². The van der Waals surface area contributed by atoms with Crippen molar-refractivity contribution in [3.63, 3.8) is 0 Å². The highest BCUT2D eigenvalue weighted by Gasteiger charge is 2.03. The van der Waals surface area contributed by atoms with Gasteiger partial charge >= 0.3 is 0 Å². The van der Waals surface area contributed by atoms with Crippen LogP contribution in [-0.4, -0.2) is 15.9 Å². The van der Waals surface area contributed by atoms with E-state index in [9.17, 15) is 4.79 Å². The Labute approximate surface area is 76.0 Å². The fraction of sp³-hybridized carbons (Fsp3) is 0.200. The molecule has 0 aliphatic heterocycles. The molecule has 0 aromatic carbocycles. The Balaban J connectivity index is 2.67. The highest BCUT2D eigenvalue weighted by Crippen LogP contribution is 2.11. The molecule has 0 bridgehead atoms. The van der Waals surface area contributed by atoms with Crippen LogP contribution >= 0.6 is 0 Å². The second kappa shape index (κ2) is 3.01. The van der Waals surface area contributed by atoms with Crippen molar-refractivity contribution in [2.45, 2.75) is 13.3 Å². The number of aldehydes is 1. The molecule has 0 amide bonds. The Hall–Kier alpha value is -1.64. The molecule has 2 rings (SSSR count). The van der Waals surface area contributed by atoms with Crippen molar-refractivity contribution >= 4 is 11.8 Å². The number of fused-ring (bicyclic) bond motifs is 1. The molecule has 0 aliphatic carbocycles.